The van der Waals surface area contributed by atoms with E-state index in [9.17, 15) is 13.2 Å². The first-order chi connectivity index (χ1) is 12.2. The summed E-state index contributed by atoms with van der Waals surface area (Å²) in [6.45, 7) is 3.59. The van der Waals surface area contributed by atoms with Gasteiger partial charge < -0.3 is 10.2 Å². The zero-order valence-electron chi connectivity index (χ0n) is 16.7. The molecular weight excluding hydrogens is 423 g/mol. The summed E-state index contributed by atoms with van der Waals surface area (Å²) in [4.78, 5) is 0. The van der Waals surface area contributed by atoms with Crippen molar-refractivity contribution in [3.63, 3.8) is 0 Å². The number of allylic oxidation sites excluding steroid dienone is 4. The van der Waals surface area contributed by atoms with Crippen LogP contribution in [0.4, 0.5) is 22.0 Å². The van der Waals surface area contributed by atoms with E-state index in [0.717, 1.165) is 28.1 Å². The first-order valence-electron chi connectivity index (χ1n) is 8.13. The molecule has 4 atom stereocenters. The second-order valence-electron chi connectivity index (χ2n) is 6.97. The summed E-state index contributed by atoms with van der Waals surface area (Å²) in [6, 6.07) is 0. The molecule has 2 aliphatic carbocycles. The number of aliphatic hydroxyl groups excluding tert-OH is 2. The minimum atomic E-state index is -3.31. The molecule has 158 valence electrons. The Balaban J connectivity index is 0. The maximum atomic E-state index is 15.2. The van der Waals surface area contributed by atoms with Crippen LogP contribution < -0.4 is 0 Å². The molecule has 0 heterocycles. The van der Waals surface area contributed by atoms with E-state index in [1.807, 2.05) is 0 Å². The number of hydrogen-bond acceptors (Lipinski definition) is 3. The molecule has 9 heteroatoms. The van der Waals surface area contributed by atoms with Crippen molar-refractivity contribution >= 4 is 9.70 Å². The van der Waals surface area contributed by atoms with Gasteiger partial charge in [0.1, 0.15) is 0 Å². The maximum absolute atomic E-state index is 15.2. The monoisotopic (exact) mass is 452 g/mol. The van der Waals surface area contributed by atoms with E-state index < -0.39 is 34.3 Å². The van der Waals surface area contributed by atoms with Crippen LogP contribution in [0.5, 0.6) is 0 Å². The fourth-order valence-corrected chi connectivity index (χ4v) is 3.78. The summed E-state index contributed by atoms with van der Waals surface area (Å²) in [7, 11) is 6.08. The number of halogens is 5. The molecule has 0 spiro atoms. The van der Waals surface area contributed by atoms with Gasteiger partial charge in [-0.25, -0.2) is 22.0 Å². The number of alkyl halides is 5. The second-order valence-corrected chi connectivity index (χ2v) is 6.97. The van der Waals surface area contributed by atoms with Crippen LogP contribution in [0.25, 0.3) is 0 Å². The second kappa shape index (κ2) is 10.1. The Bertz CT molecular complexity index is 516. The van der Waals surface area contributed by atoms with Crippen molar-refractivity contribution < 1.29 is 50.8 Å². The van der Waals surface area contributed by atoms with Gasteiger partial charge in [-0.05, 0) is 41.0 Å². The summed E-state index contributed by atoms with van der Waals surface area (Å²) in [6.07, 6.45) is 4.89. The summed E-state index contributed by atoms with van der Waals surface area (Å²) in [5.74, 6) is -1.70. The van der Waals surface area contributed by atoms with Gasteiger partial charge in [-0.2, -0.15) is 0 Å². The molecule has 0 aromatic carbocycles. The van der Waals surface area contributed by atoms with Crippen LogP contribution in [0, 0.1) is 5.92 Å². The molecule has 0 saturated heterocycles. The molecule has 4 unspecified atom stereocenters. The molecule has 0 bridgehead atoms. The SMILES string of the molecule is CC1(F)C(C2=CC=CC2)C(C)(F)C(C)(F)C(C)(F)C1(C)F.CO.CO.[S]=[Ti]. The van der Waals surface area contributed by atoms with Crippen LogP contribution >= 0.6 is 9.70 Å². The van der Waals surface area contributed by atoms with Gasteiger partial charge in [0.25, 0.3) is 0 Å². The van der Waals surface area contributed by atoms with Crippen LogP contribution in [0.1, 0.15) is 41.0 Å². The topological polar surface area (TPSA) is 40.5 Å². The summed E-state index contributed by atoms with van der Waals surface area (Å²) < 4.78 is 75.2. The fourth-order valence-electron chi connectivity index (χ4n) is 3.78. The standard InChI is InChI=1S/C16H21F5.2CH4O.S.Ti/c1-12(17)11(10-8-6-7-9-10)13(2,18)15(4,20)16(5,21)14(12,3)19;2*1-2;;/h6-8,11H,9H2,1-5H3;2*2H,1H3;;. The minimum absolute atomic E-state index is 0.207. The summed E-state index contributed by atoms with van der Waals surface area (Å²) in [5.41, 5.74) is -15.2. The van der Waals surface area contributed by atoms with Crippen molar-refractivity contribution in [3.05, 3.63) is 23.8 Å². The van der Waals surface area contributed by atoms with Crippen molar-refractivity contribution in [2.45, 2.75) is 69.4 Å². The van der Waals surface area contributed by atoms with Crippen LogP contribution in [-0.2, 0) is 18.6 Å². The first kappa shape index (κ1) is 29.2. The first-order valence-corrected chi connectivity index (χ1v) is 10.4. The molecule has 1 fully saturated rings. The Hall–Kier alpha value is -0.0157. The molecule has 0 aliphatic heterocycles. The zero-order chi connectivity index (χ0) is 22.5. The molecule has 2 aliphatic rings. The molecule has 0 aromatic rings. The van der Waals surface area contributed by atoms with Crippen LogP contribution in [0.3, 0.4) is 0 Å². The Morgan fingerprint density at radius 3 is 1.41 bits per heavy atom. The van der Waals surface area contributed by atoms with E-state index in [2.05, 4.69) is 9.70 Å². The average Bonchev–Trinajstić information content (AvgIpc) is 3.12. The van der Waals surface area contributed by atoms with E-state index in [0.29, 0.717) is 20.8 Å². The third-order valence-corrected chi connectivity index (χ3v) is 5.85. The third-order valence-electron chi connectivity index (χ3n) is 5.85. The summed E-state index contributed by atoms with van der Waals surface area (Å²) >= 11 is 1.58. The molecule has 2 nitrogen and oxygen atoms in total. The Morgan fingerprint density at radius 1 is 0.815 bits per heavy atom. The van der Waals surface area contributed by atoms with Gasteiger partial charge in [0.2, 0.25) is 0 Å². The van der Waals surface area contributed by atoms with Crippen LogP contribution in [0.2, 0.25) is 0 Å². The molecule has 1 saturated carbocycles. The van der Waals surface area contributed by atoms with Gasteiger partial charge in [-0.3, -0.25) is 0 Å². The van der Waals surface area contributed by atoms with E-state index in [4.69, 9.17) is 10.2 Å². The molecule has 2 N–H and O–H groups in total. The van der Waals surface area contributed by atoms with Crippen LogP contribution in [0.15, 0.2) is 23.8 Å². The Kier molecular flexibility index (Phi) is 11.0. The van der Waals surface area contributed by atoms with Crippen molar-refractivity contribution in [1.29, 1.82) is 0 Å². The van der Waals surface area contributed by atoms with Gasteiger partial charge >= 0.3 is 28.3 Å². The van der Waals surface area contributed by atoms with Gasteiger partial charge in [0, 0.05) is 14.2 Å². The third kappa shape index (κ3) is 4.30. The van der Waals surface area contributed by atoms with E-state index >= 15 is 8.78 Å². The molecule has 0 amide bonds. The number of aliphatic hydroxyl groups is 2. The Morgan fingerprint density at radius 2 is 1.15 bits per heavy atom. The summed E-state index contributed by atoms with van der Waals surface area (Å²) in [5, 5.41) is 14.0. The van der Waals surface area contributed by atoms with E-state index in [1.54, 1.807) is 30.7 Å². The van der Waals surface area contributed by atoms with E-state index in [-0.39, 0.29) is 12.0 Å². The van der Waals surface area contributed by atoms with Gasteiger partial charge in [-0.1, -0.05) is 23.8 Å². The molecule has 2 rings (SSSR count). The fraction of sp³-hybridized carbons (Fsp3) is 0.778. The number of hydrogen-bond donors (Lipinski definition) is 2. The van der Waals surface area contributed by atoms with E-state index in [1.165, 1.54) is 6.08 Å². The van der Waals surface area contributed by atoms with Gasteiger partial charge in [-0.15, -0.1) is 0 Å². The van der Waals surface area contributed by atoms with Crippen molar-refractivity contribution in [1.82, 2.24) is 0 Å². The van der Waals surface area contributed by atoms with Crippen LogP contribution in [-0.4, -0.2) is 52.8 Å². The molecule has 27 heavy (non-hydrogen) atoms. The average molecular weight is 452 g/mol. The van der Waals surface area contributed by atoms with Crippen molar-refractivity contribution in [3.8, 4) is 0 Å². The Labute approximate surface area is 173 Å². The zero-order valence-corrected chi connectivity index (χ0v) is 19.1. The molecule has 0 aromatic heterocycles. The molecule has 0 radical (unpaired) electrons. The molecular formula is C18H29F5O2STi. The van der Waals surface area contributed by atoms with Gasteiger partial charge in [0.15, 0.2) is 28.3 Å². The predicted octanol–water partition coefficient (Wildman–Crippen LogP) is 5.01. The van der Waals surface area contributed by atoms with Crippen molar-refractivity contribution in [2.75, 3.05) is 14.2 Å². The van der Waals surface area contributed by atoms with Crippen molar-refractivity contribution in [2.24, 2.45) is 5.92 Å². The number of rotatable bonds is 1. The van der Waals surface area contributed by atoms with Gasteiger partial charge in [0.05, 0.1) is 5.92 Å². The normalized spacial score (nSPS) is 45.2. The predicted molar refractivity (Wildman–Crippen MR) is 96.8 cm³/mol. The quantitative estimate of drug-likeness (QED) is 0.434.